The topological polar surface area (TPSA) is 65.1 Å². The first kappa shape index (κ1) is 18.2. The maximum atomic E-state index is 14.1. The molecule has 6 nitrogen and oxygen atoms in total. The van der Waals surface area contributed by atoms with Gasteiger partial charge in [0.2, 0.25) is 5.82 Å². The standard InChI is InChI=1S/C17H15F2NO5S/c1-3-23-16(21)12(17(22)24-4-2)15-20-9(8-26-15)7-25-14-11(20)6-5-10(18)13(14)19/h5-6,8H,3-4,7H2,1-2H3. The molecule has 2 aliphatic rings. The smallest absolute Gasteiger partial charge is 0.348 e. The zero-order valence-corrected chi connectivity index (χ0v) is 14.8. The summed E-state index contributed by atoms with van der Waals surface area (Å²) in [7, 11) is 0. The Morgan fingerprint density at radius 3 is 2.46 bits per heavy atom. The molecule has 0 saturated heterocycles. The van der Waals surface area contributed by atoms with Crippen molar-refractivity contribution in [1.29, 1.82) is 0 Å². The van der Waals surface area contributed by atoms with E-state index in [4.69, 9.17) is 14.2 Å². The van der Waals surface area contributed by atoms with Crippen molar-refractivity contribution in [3.8, 4) is 5.75 Å². The van der Waals surface area contributed by atoms with Crippen LogP contribution in [-0.4, -0.2) is 31.8 Å². The molecule has 0 saturated carbocycles. The highest BCUT2D eigenvalue weighted by Crippen LogP contribution is 2.48. The number of nitrogens with zero attached hydrogens (tertiary/aromatic N) is 1. The summed E-state index contributed by atoms with van der Waals surface area (Å²) in [5, 5.41) is 1.87. The van der Waals surface area contributed by atoms with Crippen LogP contribution >= 0.6 is 11.8 Å². The van der Waals surface area contributed by atoms with E-state index >= 15 is 0 Å². The van der Waals surface area contributed by atoms with Crippen molar-refractivity contribution < 1.29 is 32.6 Å². The van der Waals surface area contributed by atoms with Crippen molar-refractivity contribution in [2.75, 3.05) is 24.7 Å². The lowest BCUT2D eigenvalue weighted by Gasteiger charge is -2.31. The summed E-state index contributed by atoms with van der Waals surface area (Å²) in [6.45, 7) is 3.32. The van der Waals surface area contributed by atoms with Crippen LogP contribution < -0.4 is 9.64 Å². The number of fused-ring (bicyclic) bond motifs is 3. The minimum Gasteiger partial charge on any atom is -0.482 e. The van der Waals surface area contributed by atoms with Gasteiger partial charge in [0, 0.05) is 5.41 Å². The normalized spacial score (nSPS) is 14.8. The van der Waals surface area contributed by atoms with Crippen molar-refractivity contribution in [2.24, 2.45) is 0 Å². The number of halogens is 2. The highest BCUT2D eigenvalue weighted by Gasteiger charge is 2.38. The first-order valence-corrected chi connectivity index (χ1v) is 8.72. The number of benzene rings is 1. The van der Waals surface area contributed by atoms with Crippen molar-refractivity contribution >= 4 is 29.4 Å². The molecule has 0 aromatic heterocycles. The lowest BCUT2D eigenvalue weighted by atomic mass is 10.2. The Balaban J connectivity index is 2.14. The third kappa shape index (κ3) is 3.03. The molecule has 0 amide bonds. The largest absolute Gasteiger partial charge is 0.482 e. The average Bonchev–Trinajstić information content (AvgIpc) is 3.03. The summed E-state index contributed by atoms with van der Waals surface area (Å²) in [5.41, 5.74) is 0.463. The molecular formula is C17H15F2NO5S. The van der Waals surface area contributed by atoms with Gasteiger partial charge in [-0.2, -0.15) is 4.39 Å². The Morgan fingerprint density at radius 1 is 1.19 bits per heavy atom. The summed E-state index contributed by atoms with van der Waals surface area (Å²) in [6.07, 6.45) is 0. The number of rotatable bonds is 4. The monoisotopic (exact) mass is 383 g/mol. The minimum absolute atomic E-state index is 0.0389. The highest BCUT2D eigenvalue weighted by atomic mass is 32.2. The minimum atomic E-state index is -1.13. The SMILES string of the molecule is CCOC(=O)C(C(=O)OCC)=C1SC=C2COc3c(ccc(F)c3F)N21. The summed E-state index contributed by atoms with van der Waals surface area (Å²) >= 11 is 1.08. The zero-order valence-electron chi connectivity index (χ0n) is 14.0. The predicted octanol–water partition coefficient (Wildman–Crippen LogP) is 3.09. The fourth-order valence-electron chi connectivity index (χ4n) is 2.54. The van der Waals surface area contributed by atoms with Crippen LogP contribution in [0.5, 0.6) is 5.75 Å². The molecule has 0 bridgehead atoms. The lowest BCUT2D eigenvalue weighted by molar-refractivity contribution is -0.146. The van der Waals surface area contributed by atoms with Gasteiger partial charge in [-0.05, 0) is 26.0 Å². The molecule has 138 valence electrons. The molecular weight excluding hydrogens is 368 g/mol. The van der Waals surface area contributed by atoms with Gasteiger partial charge in [0.15, 0.2) is 17.1 Å². The van der Waals surface area contributed by atoms with Gasteiger partial charge in [0.1, 0.15) is 11.6 Å². The van der Waals surface area contributed by atoms with E-state index in [0.717, 1.165) is 17.8 Å². The van der Waals surface area contributed by atoms with Gasteiger partial charge in [0.05, 0.1) is 24.6 Å². The number of carbonyl (C=O) groups is 2. The van der Waals surface area contributed by atoms with Crippen LogP contribution in [0.2, 0.25) is 0 Å². The number of anilines is 1. The molecule has 0 fully saturated rings. The quantitative estimate of drug-likeness (QED) is 0.343. The van der Waals surface area contributed by atoms with E-state index in [-0.39, 0.29) is 41.9 Å². The second-order valence-corrected chi connectivity index (χ2v) is 6.04. The van der Waals surface area contributed by atoms with Crippen LogP contribution in [0.3, 0.4) is 0 Å². The summed E-state index contributed by atoms with van der Waals surface area (Å²) in [5.74, 6) is -4.16. The molecule has 26 heavy (non-hydrogen) atoms. The number of hydrogen-bond donors (Lipinski definition) is 0. The summed E-state index contributed by atoms with van der Waals surface area (Å²) in [4.78, 5) is 26.2. The molecule has 0 aliphatic carbocycles. The van der Waals surface area contributed by atoms with Gasteiger partial charge in [-0.25, -0.2) is 14.0 Å². The molecule has 0 unspecified atom stereocenters. The van der Waals surface area contributed by atoms with E-state index < -0.39 is 23.6 Å². The molecule has 3 rings (SSSR count). The number of carbonyl (C=O) groups excluding carboxylic acids is 2. The molecule has 0 radical (unpaired) electrons. The Labute approximate surface area is 152 Å². The van der Waals surface area contributed by atoms with Crippen LogP contribution in [0.1, 0.15) is 13.8 Å². The van der Waals surface area contributed by atoms with Crippen molar-refractivity contribution in [1.82, 2.24) is 0 Å². The molecule has 0 spiro atoms. The van der Waals surface area contributed by atoms with Gasteiger partial charge in [0.25, 0.3) is 0 Å². The molecule has 9 heteroatoms. The van der Waals surface area contributed by atoms with Gasteiger partial charge in [-0.15, -0.1) is 0 Å². The predicted molar refractivity (Wildman–Crippen MR) is 90.3 cm³/mol. The highest BCUT2D eigenvalue weighted by molar-refractivity contribution is 8.06. The maximum absolute atomic E-state index is 14.1. The zero-order chi connectivity index (χ0) is 18.8. The van der Waals surface area contributed by atoms with Gasteiger partial charge in [-0.1, -0.05) is 11.8 Å². The third-order valence-electron chi connectivity index (χ3n) is 3.60. The number of esters is 2. The van der Waals surface area contributed by atoms with Gasteiger partial charge < -0.3 is 14.2 Å². The van der Waals surface area contributed by atoms with Crippen LogP contribution in [0.25, 0.3) is 0 Å². The average molecular weight is 383 g/mol. The molecule has 2 heterocycles. The Bertz CT molecular complexity index is 817. The molecule has 2 aliphatic heterocycles. The van der Waals surface area contributed by atoms with Crippen molar-refractivity contribution in [2.45, 2.75) is 13.8 Å². The van der Waals surface area contributed by atoms with Gasteiger partial charge in [-0.3, -0.25) is 4.90 Å². The second-order valence-electron chi connectivity index (χ2n) is 5.18. The Morgan fingerprint density at radius 2 is 1.85 bits per heavy atom. The number of thioether (sulfide) groups is 1. The fraction of sp³-hybridized carbons (Fsp3) is 0.294. The van der Waals surface area contributed by atoms with Crippen LogP contribution in [0, 0.1) is 11.6 Å². The molecule has 0 atom stereocenters. The van der Waals surface area contributed by atoms with E-state index in [2.05, 4.69) is 0 Å². The van der Waals surface area contributed by atoms with Crippen LogP contribution in [0.15, 0.2) is 33.8 Å². The fourth-order valence-corrected chi connectivity index (χ4v) is 3.57. The second kappa shape index (κ2) is 7.36. The number of ether oxygens (including phenoxy) is 3. The van der Waals surface area contributed by atoms with E-state index in [1.165, 1.54) is 11.0 Å². The van der Waals surface area contributed by atoms with Crippen LogP contribution in [0.4, 0.5) is 14.5 Å². The lowest BCUT2D eigenvalue weighted by Crippen LogP contribution is -2.30. The van der Waals surface area contributed by atoms with Crippen molar-refractivity contribution in [3.05, 3.63) is 45.5 Å². The third-order valence-corrected chi connectivity index (χ3v) is 4.60. The van der Waals surface area contributed by atoms with E-state index in [0.29, 0.717) is 5.70 Å². The van der Waals surface area contributed by atoms with Crippen molar-refractivity contribution in [3.63, 3.8) is 0 Å². The molecule has 0 N–H and O–H groups in total. The number of hydrogen-bond acceptors (Lipinski definition) is 7. The van der Waals surface area contributed by atoms with Gasteiger partial charge >= 0.3 is 11.9 Å². The first-order valence-electron chi connectivity index (χ1n) is 7.84. The van der Waals surface area contributed by atoms with Crippen LogP contribution in [-0.2, 0) is 19.1 Å². The maximum Gasteiger partial charge on any atom is 0.348 e. The molecule has 1 aromatic carbocycles. The summed E-state index contributed by atoms with van der Waals surface area (Å²) in [6, 6.07) is 2.27. The summed E-state index contributed by atoms with van der Waals surface area (Å²) < 4.78 is 42.8. The van der Waals surface area contributed by atoms with E-state index in [9.17, 15) is 18.4 Å². The first-order chi connectivity index (χ1) is 12.5. The molecule has 1 aromatic rings. The van der Waals surface area contributed by atoms with E-state index in [1.807, 2.05) is 0 Å². The van der Waals surface area contributed by atoms with E-state index in [1.54, 1.807) is 19.3 Å². The Kier molecular flexibility index (Phi) is 5.17. The Hall–Kier alpha value is -2.55.